The molecular weight excluding hydrogens is 200 g/mol. The second-order valence-electron chi connectivity index (χ2n) is 3.06. The number of nitrogens with zero attached hydrogens (tertiary/aromatic N) is 1. The van der Waals surface area contributed by atoms with Crippen molar-refractivity contribution in [1.82, 2.24) is 0 Å². The van der Waals surface area contributed by atoms with E-state index < -0.39 is 16.9 Å². The van der Waals surface area contributed by atoms with Gasteiger partial charge in [-0.15, -0.1) is 0 Å². The standard InChI is InChI=1S/C9H10N2O4/c1-5-6(8(10)9(12)13)3-2-4-7(5)11(14)15/h2-4,8H,10H2,1H3,(H,12,13)/t8-/m0/s1. The maximum Gasteiger partial charge on any atom is 0.325 e. The van der Waals surface area contributed by atoms with Gasteiger partial charge in [-0.25, -0.2) is 0 Å². The predicted octanol–water partition coefficient (Wildman–Crippen LogP) is 0.988. The minimum Gasteiger partial charge on any atom is -0.480 e. The molecule has 1 aromatic rings. The number of rotatable bonds is 3. The number of carbonyl (C=O) groups is 1. The lowest BCUT2D eigenvalue weighted by Gasteiger charge is -2.09. The zero-order valence-corrected chi connectivity index (χ0v) is 8.01. The molecule has 1 rings (SSSR count). The third kappa shape index (κ3) is 2.10. The summed E-state index contributed by atoms with van der Waals surface area (Å²) in [6.45, 7) is 1.48. The second-order valence-corrected chi connectivity index (χ2v) is 3.06. The molecule has 0 aliphatic carbocycles. The van der Waals surface area contributed by atoms with Crippen molar-refractivity contribution in [2.45, 2.75) is 13.0 Å². The van der Waals surface area contributed by atoms with E-state index in [-0.39, 0.29) is 16.8 Å². The first-order chi connectivity index (χ1) is 6.95. The molecule has 80 valence electrons. The van der Waals surface area contributed by atoms with Crippen LogP contribution in [0, 0.1) is 17.0 Å². The van der Waals surface area contributed by atoms with Gasteiger partial charge in [-0.1, -0.05) is 12.1 Å². The van der Waals surface area contributed by atoms with Gasteiger partial charge in [0.2, 0.25) is 0 Å². The van der Waals surface area contributed by atoms with Crippen LogP contribution in [0.15, 0.2) is 18.2 Å². The van der Waals surface area contributed by atoms with Crippen molar-refractivity contribution in [3.05, 3.63) is 39.4 Å². The second kappa shape index (κ2) is 4.05. The Morgan fingerprint density at radius 2 is 2.20 bits per heavy atom. The topological polar surface area (TPSA) is 106 Å². The highest BCUT2D eigenvalue weighted by atomic mass is 16.6. The molecule has 15 heavy (non-hydrogen) atoms. The molecule has 0 spiro atoms. The smallest absolute Gasteiger partial charge is 0.325 e. The van der Waals surface area contributed by atoms with Crippen LogP contribution in [0.1, 0.15) is 17.2 Å². The first kappa shape index (κ1) is 11.1. The first-order valence-electron chi connectivity index (χ1n) is 4.17. The number of aliphatic carboxylic acids is 1. The monoisotopic (exact) mass is 210 g/mol. The van der Waals surface area contributed by atoms with Gasteiger partial charge in [-0.3, -0.25) is 14.9 Å². The third-order valence-electron chi connectivity index (χ3n) is 2.14. The Bertz CT molecular complexity index is 417. The van der Waals surface area contributed by atoms with Crippen LogP contribution in [0.3, 0.4) is 0 Å². The number of carboxylic acids is 1. The Balaban J connectivity index is 3.26. The van der Waals surface area contributed by atoms with Crippen molar-refractivity contribution >= 4 is 11.7 Å². The number of benzene rings is 1. The fourth-order valence-corrected chi connectivity index (χ4v) is 1.31. The number of nitro benzene ring substituents is 1. The minimum atomic E-state index is -1.23. The number of carboxylic acid groups (broad SMARTS) is 1. The van der Waals surface area contributed by atoms with E-state index in [0.29, 0.717) is 0 Å². The van der Waals surface area contributed by atoms with Gasteiger partial charge in [0, 0.05) is 11.6 Å². The molecule has 0 aliphatic rings. The number of hydrogen-bond acceptors (Lipinski definition) is 4. The summed E-state index contributed by atoms with van der Waals surface area (Å²) in [4.78, 5) is 20.7. The van der Waals surface area contributed by atoms with Gasteiger partial charge in [-0.05, 0) is 12.5 Å². The zero-order chi connectivity index (χ0) is 11.6. The molecule has 0 fully saturated rings. The molecule has 6 heteroatoms. The first-order valence-corrected chi connectivity index (χ1v) is 4.17. The molecule has 0 unspecified atom stereocenters. The lowest BCUT2D eigenvalue weighted by molar-refractivity contribution is -0.385. The van der Waals surface area contributed by atoms with E-state index in [0.717, 1.165) is 0 Å². The average Bonchev–Trinajstić information content (AvgIpc) is 2.16. The fraction of sp³-hybridized carbons (Fsp3) is 0.222. The van der Waals surface area contributed by atoms with Gasteiger partial charge in [0.05, 0.1) is 4.92 Å². The molecule has 3 N–H and O–H groups in total. The Hall–Kier alpha value is -1.95. The summed E-state index contributed by atoms with van der Waals surface area (Å²) in [7, 11) is 0. The summed E-state index contributed by atoms with van der Waals surface area (Å²) >= 11 is 0. The van der Waals surface area contributed by atoms with E-state index in [1.54, 1.807) is 0 Å². The summed E-state index contributed by atoms with van der Waals surface area (Å²) in [6.07, 6.45) is 0. The van der Waals surface area contributed by atoms with E-state index in [2.05, 4.69) is 0 Å². The van der Waals surface area contributed by atoms with E-state index in [4.69, 9.17) is 10.8 Å². The molecule has 0 aromatic heterocycles. The highest BCUT2D eigenvalue weighted by Crippen LogP contribution is 2.24. The molecule has 6 nitrogen and oxygen atoms in total. The van der Waals surface area contributed by atoms with Gasteiger partial charge in [0.1, 0.15) is 6.04 Å². The maximum atomic E-state index is 10.6. The highest BCUT2D eigenvalue weighted by molar-refractivity contribution is 5.76. The maximum absolute atomic E-state index is 10.6. The lowest BCUT2D eigenvalue weighted by Crippen LogP contribution is -2.21. The summed E-state index contributed by atoms with van der Waals surface area (Å²) in [6, 6.07) is 2.97. The SMILES string of the molecule is Cc1c([C@H](N)C(=O)O)cccc1[N+](=O)[O-]. The van der Waals surface area contributed by atoms with Crippen molar-refractivity contribution in [1.29, 1.82) is 0 Å². The van der Waals surface area contributed by atoms with E-state index in [9.17, 15) is 14.9 Å². The van der Waals surface area contributed by atoms with Crippen LogP contribution in [0.5, 0.6) is 0 Å². The molecule has 0 amide bonds. The van der Waals surface area contributed by atoms with Crippen LogP contribution in [0.25, 0.3) is 0 Å². The summed E-state index contributed by atoms with van der Waals surface area (Å²) < 4.78 is 0. The molecule has 0 heterocycles. The van der Waals surface area contributed by atoms with Gasteiger partial charge in [0.25, 0.3) is 5.69 Å². The molecule has 0 bridgehead atoms. The highest BCUT2D eigenvalue weighted by Gasteiger charge is 2.21. The molecule has 0 saturated heterocycles. The largest absolute Gasteiger partial charge is 0.480 e. The molecular formula is C9H10N2O4. The Morgan fingerprint density at radius 1 is 1.60 bits per heavy atom. The average molecular weight is 210 g/mol. The van der Waals surface area contributed by atoms with E-state index >= 15 is 0 Å². The molecule has 1 atom stereocenters. The van der Waals surface area contributed by atoms with Crippen LogP contribution in [0.4, 0.5) is 5.69 Å². The van der Waals surface area contributed by atoms with Crippen molar-refractivity contribution in [2.75, 3.05) is 0 Å². The molecule has 1 aromatic carbocycles. The Kier molecular flexibility index (Phi) is 3.01. The summed E-state index contributed by atoms with van der Waals surface area (Å²) in [5, 5.41) is 19.3. The lowest BCUT2D eigenvalue weighted by atomic mass is 10.0. The summed E-state index contributed by atoms with van der Waals surface area (Å²) in [5.74, 6) is -1.21. The minimum absolute atomic E-state index is 0.121. The fourth-order valence-electron chi connectivity index (χ4n) is 1.31. The van der Waals surface area contributed by atoms with Gasteiger partial charge >= 0.3 is 5.97 Å². The third-order valence-corrected chi connectivity index (χ3v) is 2.14. The summed E-state index contributed by atoms with van der Waals surface area (Å²) in [5.41, 5.74) is 5.81. The van der Waals surface area contributed by atoms with Crippen molar-refractivity contribution < 1.29 is 14.8 Å². The van der Waals surface area contributed by atoms with Gasteiger partial charge in [0.15, 0.2) is 0 Å². The molecule has 0 radical (unpaired) electrons. The predicted molar refractivity (Wildman–Crippen MR) is 52.4 cm³/mol. The quantitative estimate of drug-likeness (QED) is 0.571. The molecule has 0 saturated carbocycles. The van der Waals surface area contributed by atoms with Crippen LogP contribution >= 0.6 is 0 Å². The van der Waals surface area contributed by atoms with Crippen molar-refractivity contribution in [3.63, 3.8) is 0 Å². The van der Waals surface area contributed by atoms with Crippen LogP contribution in [0.2, 0.25) is 0 Å². The van der Waals surface area contributed by atoms with Crippen molar-refractivity contribution in [2.24, 2.45) is 5.73 Å². The van der Waals surface area contributed by atoms with Crippen LogP contribution < -0.4 is 5.73 Å². The van der Waals surface area contributed by atoms with E-state index in [1.807, 2.05) is 0 Å². The Morgan fingerprint density at radius 3 is 2.67 bits per heavy atom. The number of nitrogens with two attached hydrogens (primary N) is 1. The van der Waals surface area contributed by atoms with Gasteiger partial charge in [-0.2, -0.15) is 0 Å². The van der Waals surface area contributed by atoms with Crippen LogP contribution in [-0.2, 0) is 4.79 Å². The normalized spacial score (nSPS) is 12.1. The number of nitro groups is 1. The number of hydrogen-bond donors (Lipinski definition) is 2. The van der Waals surface area contributed by atoms with Crippen molar-refractivity contribution in [3.8, 4) is 0 Å². The zero-order valence-electron chi connectivity index (χ0n) is 8.01. The molecule has 0 aliphatic heterocycles. The van der Waals surface area contributed by atoms with E-state index in [1.165, 1.54) is 25.1 Å². The van der Waals surface area contributed by atoms with Crippen LogP contribution in [-0.4, -0.2) is 16.0 Å². The van der Waals surface area contributed by atoms with Gasteiger partial charge < -0.3 is 10.8 Å². The Labute approximate surface area is 85.5 Å².